The normalized spacial score (nSPS) is 16.1. The number of hydrogen-bond donors (Lipinski definition) is 0. The molecule has 1 aliphatic heterocycles. The molecule has 0 aliphatic carbocycles. The molecule has 1 aromatic heterocycles. The molecule has 1 unspecified atom stereocenters. The molecule has 0 bridgehead atoms. The first-order chi connectivity index (χ1) is 13.9. The molecule has 7 heteroatoms. The average Bonchev–Trinajstić information content (AvgIpc) is 2.95. The van der Waals surface area contributed by atoms with Crippen LogP contribution in [0.4, 0.5) is 0 Å². The SMILES string of the molecule is CN(C)CCCN1C(=O)c2oc3ccc(Br)cc3c(=O)c2C1c1ccc(Cl)cc1. The molecule has 1 amide bonds. The van der Waals surface area contributed by atoms with Gasteiger partial charge in [0.25, 0.3) is 5.91 Å². The molecular formula is C22H20BrClN2O3. The van der Waals surface area contributed by atoms with Crippen LogP contribution in [0.3, 0.4) is 0 Å². The average molecular weight is 476 g/mol. The molecule has 0 fully saturated rings. The van der Waals surface area contributed by atoms with Crippen LogP contribution in [0.1, 0.15) is 34.1 Å². The van der Waals surface area contributed by atoms with Crippen molar-refractivity contribution in [1.82, 2.24) is 9.80 Å². The Hall–Kier alpha value is -2.15. The minimum atomic E-state index is -0.489. The zero-order valence-electron chi connectivity index (χ0n) is 16.1. The Morgan fingerprint density at radius 1 is 1.14 bits per heavy atom. The van der Waals surface area contributed by atoms with Crippen LogP contribution in [0.25, 0.3) is 11.0 Å². The van der Waals surface area contributed by atoms with E-state index in [-0.39, 0.29) is 17.1 Å². The van der Waals surface area contributed by atoms with Gasteiger partial charge in [0.2, 0.25) is 5.76 Å². The Morgan fingerprint density at radius 2 is 1.86 bits per heavy atom. The molecule has 2 heterocycles. The topological polar surface area (TPSA) is 53.8 Å². The van der Waals surface area contributed by atoms with E-state index in [2.05, 4.69) is 20.8 Å². The first kappa shape index (κ1) is 20.1. The standard InChI is InChI=1S/C22H20BrClN2O3/c1-25(2)10-3-11-26-19(13-4-7-15(24)8-5-13)18-20(27)16-12-14(23)6-9-17(16)29-21(18)22(26)28/h4-9,12,19H,3,10-11H2,1-2H3. The van der Waals surface area contributed by atoms with E-state index < -0.39 is 6.04 Å². The maximum Gasteiger partial charge on any atom is 0.290 e. The lowest BCUT2D eigenvalue weighted by molar-refractivity contribution is 0.0722. The molecule has 2 aromatic carbocycles. The maximum atomic E-state index is 13.4. The Balaban J connectivity index is 1.88. The van der Waals surface area contributed by atoms with Gasteiger partial charge in [-0.15, -0.1) is 0 Å². The van der Waals surface area contributed by atoms with E-state index in [4.69, 9.17) is 16.0 Å². The highest BCUT2D eigenvalue weighted by Gasteiger charge is 2.42. The Kier molecular flexibility index (Phi) is 5.51. The van der Waals surface area contributed by atoms with Crippen LogP contribution in [0.5, 0.6) is 0 Å². The third kappa shape index (κ3) is 3.72. The second-order valence-electron chi connectivity index (χ2n) is 7.42. The summed E-state index contributed by atoms with van der Waals surface area (Å²) in [7, 11) is 3.99. The minimum absolute atomic E-state index is 0.134. The summed E-state index contributed by atoms with van der Waals surface area (Å²) >= 11 is 9.47. The summed E-state index contributed by atoms with van der Waals surface area (Å²) in [6, 6.07) is 12.0. The van der Waals surface area contributed by atoms with Gasteiger partial charge in [0, 0.05) is 16.0 Å². The van der Waals surface area contributed by atoms with Gasteiger partial charge in [0.1, 0.15) is 5.58 Å². The lowest BCUT2D eigenvalue weighted by atomic mass is 9.98. The highest BCUT2D eigenvalue weighted by atomic mass is 79.9. The molecule has 1 aliphatic rings. The van der Waals surface area contributed by atoms with E-state index >= 15 is 0 Å². The van der Waals surface area contributed by atoms with Crippen molar-refractivity contribution in [3.63, 3.8) is 0 Å². The van der Waals surface area contributed by atoms with Gasteiger partial charge in [-0.25, -0.2) is 0 Å². The number of fused-ring (bicyclic) bond motifs is 2. The fraction of sp³-hybridized carbons (Fsp3) is 0.273. The second-order valence-corrected chi connectivity index (χ2v) is 8.78. The van der Waals surface area contributed by atoms with Gasteiger partial charge in [-0.05, 0) is 63.0 Å². The quantitative estimate of drug-likeness (QED) is 0.536. The van der Waals surface area contributed by atoms with E-state index in [9.17, 15) is 9.59 Å². The number of nitrogens with zero attached hydrogens (tertiary/aromatic N) is 2. The van der Waals surface area contributed by atoms with Crippen LogP contribution in [0.2, 0.25) is 5.02 Å². The molecule has 0 saturated carbocycles. The van der Waals surface area contributed by atoms with Crippen LogP contribution < -0.4 is 5.43 Å². The molecule has 1 atom stereocenters. The second kappa shape index (κ2) is 7.94. The van der Waals surface area contributed by atoms with Crippen molar-refractivity contribution >= 4 is 44.4 Å². The summed E-state index contributed by atoms with van der Waals surface area (Å²) in [5, 5.41) is 1.06. The lowest BCUT2D eigenvalue weighted by Gasteiger charge is -2.25. The van der Waals surface area contributed by atoms with Crippen LogP contribution in [-0.4, -0.2) is 42.9 Å². The third-order valence-corrected chi connectivity index (χ3v) is 5.86. The Labute approximate surface area is 182 Å². The largest absolute Gasteiger partial charge is 0.450 e. The number of carbonyl (C=O) groups is 1. The number of halogens is 2. The van der Waals surface area contributed by atoms with E-state index in [1.54, 1.807) is 35.2 Å². The number of amides is 1. The fourth-order valence-corrected chi connectivity index (χ4v) is 4.26. The monoisotopic (exact) mass is 474 g/mol. The maximum absolute atomic E-state index is 13.4. The first-order valence-electron chi connectivity index (χ1n) is 9.34. The zero-order valence-corrected chi connectivity index (χ0v) is 18.5. The summed E-state index contributed by atoms with van der Waals surface area (Å²) < 4.78 is 6.72. The van der Waals surface area contributed by atoms with Crippen molar-refractivity contribution in [1.29, 1.82) is 0 Å². The Bertz CT molecular complexity index is 1140. The number of benzene rings is 2. The molecule has 29 heavy (non-hydrogen) atoms. The number of rotatable bonds is 5. The number of hydrogen-bond acceptors (Lipinski definition) is 4. The van der Waals surface area contributed by atoms with Crippen molar-refractivity contribution in [3.05, 3.63) is 79.1 Å². The van der Waals surface area contributed by atoms with Crippen LogP contribution in [0, 0.1) is 0 Å². The van der Waals surface area contributed by atoms with E-state index in [1.165, 1.54) is 0 Å². The van der Waals surface area contributed by atoms with Gasteiger partial charge < -0.3 is 14.2 Å². The van der Waals surface area contributed by atoms with E-state index in [1.807, 2.05) is 26.2 Å². The molecule has 5 nitrogen and oxygen atoms in total. The van der Waals surface area contributed by atoms with Gasteiger partial charge in [-0.3, -0.25) is 9.59 Å². The van der Waals surface area contributed by atoms with Gasteiger partial charge in [0.05, 0.1) is 17.0 Å². The van der Waals surface area contributed by atoms with Gasteiger partial charge in [-0.2, -0.15) is 0 Å². The Morgan fingerprint density at radius 3 is 2.55 bits per heavy atom. The molecule has 0 N–H and O–H groups in total. The van der Waals surface area contributed by atoms with Crippen LogP contribution in [0.15, 0.2) is 56.1 Å². The fourth-order valence-electron chi connectivity index (χ4n) is 3.77. The van der Waals surface area contributed by atoms with Crippen molar-refractivity contribution in [2.24, 2.45) is 0 Å². The van der Waals surface area contributed by atoms with Crippen molar-refractivity contribution in [3.8, 4) is 0 Å². The van der Waals surface area contributed by atoms with Crippen LogP contribution in [-0.2, 0) is 0 Å². The van der Waals surface area contributed by atoms with Gasteiger partial charge in [-0.1, -0.05) is 39.7 Å². The summed E-state index contributed by atoms with van der Waals surface area (Å²) in [6.07, 6.45) is 0.788. The predicted molar refractivity (Wildman–Crippen MR) is 118 cm³/mol. The van der Waals surface area contributed by atoms with Crippen molar-refractivity contribution < 1.29 is 9.21 Å². The summed E-state index contributed by atoms with van der Waals surface area (Å²) in [4.78, 5) is 30.4. The highest BCUT2D eigenvalue weighted by Crippen LogP contribution is 2.38. The molecule has 0 radical (unpaired) electrons. The molecule has 0 spiro atoms. The van der Waals surface area contributed by atoms with Crippen LogP contribution >= 0.6 is 27.5 Å². The molecule has 150 valence electrons. The summed E-state index contributed by atoms with van der Waals surface area (Å²) in [5.41, 5.74) is 1.47. The van der Waals surface area contributed by atoms with Crippen molar-refractivity contribution in [2.45, 2.75) is 12.5 Å². The smallest absolute Gasteiger partial charge is 0.290 e. The third-order valence-electron chi connectivity index (χ3n) is 5.12. The zero-order chi connectivity index (χ0) is 20.7. The molecular weight excluding hydrogens is 456 g/mol. The first-order valence-corrected chi connectivity index (χ1v) is 10.5. The molecule has 3 aromatic rings. The minimum Gasteiger partial charge on any atom is -0.450 e. The summed E-state index contributed by atoms with van der Waals surface area (Å²) in [5.74, 6) is -0.116. The lowest BCUT2D eigenvalue weighted by Crippen LogP contribution is -2.32. The van der Waals surface area contributed by atoms with Gasteiger partial charge in [0.15, 0.2) is 5.43 Å². The number of carbonyl (C=O) groups excluding carboxylic acids is 1. The van der Waals surface area contributed by atoms with Gasteiger partial charge >= 0.3 is 0 Å². The van der Waals surface area contributed by atoms with Crippen molar-refractivity contribution in [2.75, 3.05) is 27.2 Å². The molecule has 4 rings (SSSR count). The predicted octanol–water partition coefficient (Wildman–Crippen LogP) is 4.71. The highest BCUT2D eigenvalue weighted by molar-refractivity contribution is 9.10. The summed E-state index contributed by atoms with van der Waals surface area (Å²) in [6.45, 7) is 1.36. The van der Waals surface area contributed by atoms with E-state index in [0.717, 1.165) is 23.0 Å². The molecule has 0 saturated heterocycles. The van der Waals surface area contributed by atoms with E-state index in [0.29, 0.717) is 28.1 Å².